The molecule has 2 rings (SSSR count). The van der Waals surface area contributed by atoms with Crippen LogP contribution in [0.15, 0.2) is 29.4 Å². The van der Waals surface area contributed by atoms with Crippen LogP contribution in [0.1, 0.15) is 12.0 Å². The summed E-state index contributed by atoms with van der Waals surface area (Å²) in [4.78, 5) is 7.54. The number of oxime groups is 1. The molecule has 0 spiro atoms. The number of rotatable bonds is 5. The second kappa shape index (κ2) is 7.36. The summed E-state index contributed by atoms with van der Waals surface area (Å²) < 4.78 is 5.14. The molecule has 0 saturated carbocycles. The van der Waals surface area contributed by atoms with Gasteiger partial charge in [0.05, 0.1) is 12.8 Å². The highest BCUT2D eigenvalue weighted by molar-refractivity contribution is 5.87. The SMILES string of the molecule is COc1ccc(CC2=NOC(CN(C)C)C2)cc1.Cl. The summed E-state index contributed by atoms with van der Waals surface area (Å²) in [5.41, 5.74) is 2.36. The fourth-order valence-corrected chi connectivity index (χ4v) is 2.08. The van der Waals surface area contributed by atoms with Gasteiger partial charge in [-0.05, 0) is 31.8 Å². The molecule has 0 N–H and O–H groups in total. The van der Waals surface area contributed by atoms with Gasteiger partial charge in [-0.15, -0.1) is 12.4 Å². The zero-order valence-corrected chi connectivity index (χ0v) is 12.4. The Morgan fingerprint density at radius 3 is 2.58 bits per heavy atom. The third kappa shape index (κ3) is 4.73. The molecular formula is C14H21ClN2O2. The average Bonchev–Trinajstić information content (AvgIpc) is 2.76. The standard InChI is InChI=1S/C14H20N2O2.ClH/c1-16(2)10-14-9-12(15-18-14)8-11-4-6-13(17-3)7-5-11;/h4-7,14H,8-10H2,1-3H3;1H. The molecule has 1 aromatic carbocycles. The van der Waals surface area contributed by atoms with Crippen LogP contribution in [-0.4, -0.2) is 44.5 Å². The van der Waals surface area contributed by atoms with E-state index in [1.54, 1.807) is 7.11 Å². The number of likely N-dealkylation sites (N-methyl/N-ethyl adjacent to an activating group) is 1. The van der Waals surface area contributed by atoms with Gasteiger partial charge in [0.2, 0.25) is 0 Å². The molecule has 4 nitrogen and oxygen atoms in total. The predicted molar refractivity (Wildman–Crippen MR) is 79.4 cm³/mol. The van der Waals surface area contributed by atoms with Gasteiger partial charge in [-0.2, -0.15) is 0 Å². The first-order chi connectivity index (χ1) is 8.67. The summed E-state index contributed by atoms with van der Waals surface area (Å²) in [6, 6.07) is 8.09. The molecule has 1 aromatic rings. The minimum atomic E-state index is 0. The first-order valence-electron chi connectivity index (χ1n) is 6.16. The van der Waals surface area contributed by atoms with Crippen LogP contribution in [0, 0.1) is 0 Å². The van der Waals surface area contributed by atoms with Crippen LogP contribution in [0.4, 0.5) is 0 Å². The maximum Gasteiger partial charge on any atom is 0.145 e. The van der Waals surface area contributed by atoms with E-state index in [1.165, 1.54) is 5.56 Å². The van der Waals surface area contributed by atoms with Crippen molar-refractivity contribution in [2.24, 2.45) is 5.16 Å². The van der Waals surface area contributed by atoms with E-state index < -0.39 is 0 Å². The Bertz CT molecular complexity index is 418. The van der Waals surface area contributed by atoms with Crippen LogP contribution in [0.25, 0.3) is 0 Å². The van der Waals surface area contributed by atoms with Crippen LogP contribution >= 0.6 is 12.4 Å². The molecule has 0 aliphatic carbocycles. The number of nitrogens with zero attached hydrogens (tertiary/aromatic N) is 2. The third-order valence-electron chi connectivity index (χ3n) is 2.93. The molecule has 5 heteroatoms. The van der Waals surface area contributed by atoms with Gasteiger partial charge in [-0.25, -0.2) is 0 Å². The topological polar surface area (TPSA) is 34.1 Å². The smallest absolute Gasteiger partial charge is 0.145 e. The van der Waals surface area contributed by atoms with Gasteiger partial charge in [0, 0.05) is 19.4 Å². The Labute approximate surface area is 120 Å². The van der Waals surface area contributed by atoms with Gasteiger partial charge in [-0.3, -0.25) is 0 Å². The highest BCUT2D eigenvalue weighted by Crippen LogP contribution is 2.17. The summed E-state index contributed by atoms with van der Waals surface area (Å²) in [6.07, 6.45) is 1.98. The van der Waals surface area contributed by atoms with Gasteiger partial charge >= 0.3 is 0 Å². The summed E-state index contributed by atoms with van der Waals surface area (Å²) in [5.74, 6) is 0.883. The van der Waals surface area contributed by atoms with E-state index in [2.05, 4.69) is 22.2 Å². The number of hydrogen-bond donors (Lipinski definition) is 0. The molecule has 1 aliphatic rings. The Kier molecular flexibility index (Phi) is 6.12. The normalized spacial score (nSPS) is 17.7. The molecule has 1 heterocycles. The summed E-state index contributed by atoms with van der Waals surface area (Å²) in [7, 11) is 5.77. The van der Waals surface area contributed by atoms with Gasteiger partial charge in [-0.1, -0.05) is 17.3 Å². The number of ether oxygens (including phenoxy) is 1. The molecule has 0 saturated heterocycles. The van der Waals surface area contributed by atoms with Crippen molar-refractivity contribution >= 4 is 18.1 Å². The first-order valence-corrected chi connectivity index (χ1v) is 6.16. The minimum absolute atomic E-state index is 0. The molecule has 0 aromatic heterocycles. The average molecular weight is 285 g/mol. The fourth-order valence-electron chi connectivity index (χ4n) is 2.08. The van der Waals surface area contributed by atoms with Crippen molar-refractivity contribution in [3.8, 4) is 5.75 Å². The Morgan fingerprint density at radius 1 is 1.32 bits per heavy atom. The summed E-state index contributed by atoms with van der Waals surface area (Å²) in [6.45, 7) is 0.912. The van der Waals surface area contributed by atoms with Crippen molar-refractivity contribution in [3.05, 3.63) is 29.8 Å². The lowest BCUT2D eigenvalue weighted by molar-refractivity contribution is 0.0650. The van der Waals surface area contributed by atoms with Gasteiger partial charge in [0.25, 0.3) is 0 Å². The monoisotopic (exact) mass is 284 g/mol. The van der Waals surface area contributed by atoms with Crippen LogP contribution in [0.3, 0.4) is 0 Å². The molecule has 0 radical (unpaired) electrons. The van der Waals surface area contributed by atoms with E-state index in [0.717, 1.165) is 30.8 Å². The van der Waals surface area contributed by atoms with Crippen molar-refractivity contribution in [2.45, 2.75) is 18.9 Å². The second-order valence-corrected chi connectivity index (χ2v) is 4.88. The lowest BCUT2D eigenvalue weighted by Gasteiger charge is -2.13. The second-order valence-electron chi connectivity index (χ2n) is 4.88. The molecule has 19 heavy (non-hydrogen) atoms. The van der Waals surface area contributed by atoms with Crippen molar-refractivity contribution in [1.29, 1.82) is 0 Å². The third-order valence-corrected chi connectivity index (χ3v) is 2.93. The molecule has 0 bridgehead atoms. The zero-order chi connectivity index (χ0) is 13.0. The number of benzene rings is 1. The van der Waals surface area contributed by atoms with E-state index >= 15 is 0 Å². The number of methoxy groups -OCH3 is 1. The fraction of sp³-hybridized carbons (Fsp3) is 0.500. The van der Waals surface area contributed by atoms with E-state index in [-0.39, 0.29) is 18.5 Å². The maximum absolute atomic E-state index is 5.42. The quantitative estimate of drug-likeness (QED) is 0.832. The zero-order valence-electron chi connectivity index (χ0n) is 11.6. The summed E-state index contributed by atoms with van der Waals surface area (Å²) >= 11 is 0. The van der Waals surface area contributed by atoms with E-state index in [4.69, 9.17) is 9.57 Å². The van der Waals surface area contributed by atoms with E-state index in [9.17, 15) is 0 Å². The Hall–Kier alpha value is -1.26. The van der Waals surface area contributed by atoms with E-state index in [0.29, 0.717) is 0 Å². The lowest BCUT2D eigenvalue weighted by atomic mass is 10.0. The highest BCUT2D eigenvalue weighted by atomic mass is 35.5. The summed E-state index contributed by atoms with van der Waals surface area (Å²) in [5, 5.41) is 4.17. The van der Waals surface area contributed by atoms with Crippen LogP contribution in [0.5, 0.6) is 5.75 Å². The number of hydrogen-bond acceptors (Lipinski definition) is 4. The molecule has 1 unspecified atom stereocenters. The Balaban J connectivity index is 0.00000180. The molecular weight excluding hydrogens is 264 g/mol. The van der Waals surface area contributed by atoms with Crippen LogP contribution < -0.4 is 4.74 Å². The largest absolute Gasteiger partial charge is 0.497 e. The Morgan fingerprint density at radius 2 is 2.00 bits per heavy atom. The minimum Gasteiger partial charge on any atom is -0.497 e. The van der Waals surface area contributed by atoms with Gasteiger partial charge in [0.15, 0.2) is 0 Å². The van der Waals surface area contributed by atoms with E-state index in [1.807, 2.05) is 26.2 Å². The molecule has 0 amide bonds. The van der Waals surface area contributed by atoms with Gasteiger partial charge < -0.3 is 14.5 Å². The molecule has 106 valence electrons. The van der Waals surface area contributed by atoms with Crippen molar-refractivity contribution in [3.63, 3.8) is 0 Å². The van der Waals surface area contributed by atoms with Crippen molar-refractivity contribution in [2.75, 3.05) is 27.7 Å². The predicted octanol–water partition coefficient (Wildman–Crippen LogP) is 2.37. The van der Waals surface area contributed by atoms with Crippen molar-refractivity contribution < 1.29 is 9.57 Å². The number of halogens is 1. The van der Waals surface area contributed by atoms with Crippen LogP contribution in [0.2, 0.25) is 0 Å². The molecule has 1 atom stereocenters. The van der Waals surface area contributed by atoms with Crippen LogP contribution in [-0.2, 0) is 11.3 Å². The lowest BCUT2D eigenvalue weighted by Crippen LogP contribution is -2.26. The maximum atomic E-state index is 5.42. The van der Waals surface area contributed by atoms with Gasteiger partial charge in [0.1, 0.15) is 11.9 Å². The van der Waals surface area contributed by atoms with Crippen molar-refractivity contribution in [1.82, 2.24) is 4.90 Å². The molecule has 0 fully saturated rings. The highest BCUT2D eigenvalue weighted by Gasteiger charge is 2.21. The first kappa shape index (κ1) is 15.8. The molecule has 1 aliphatic heterocycles.